The Bertz CT molecular complexity index is 538. The molecule has 0 fully saturated rings. The molecule has 78 valence electrons. The van der Waals surface area contributed by atoms with Crippen LogP contribution in [-0.2, 0) is 11.3 Å². The van der Waals surface area contributed by atoms with Crippen molar-refractivity contribution in [2.45, 2.75) is 6.54 Å². The summed E-state index contributed by atoms with van der Waals surface area (Å²) in [6.45, 7) is -0.261. The first-order valence-corrected chi connectivity index (χ1v) is 5.20. The highest BCUT2D eigenvalue weighted by Crippen LogP contribution is 2.22. The van der Waals surface area contributed by atoms with Gasteiger partial charge in [0, 0.05) is 0 Å². The van der Waals surface area contributed by atoms with Gasteiger partial charge in [-0.3, -0.25) is 9.48 Å². The number of aliphatic carboxylic acids is 1. The fraction of sp³-hybridized carbons (Fsp3) is 0.111. The first-order chi connectivity index (χ1) is 7.09. The summed E-state index contributed by atoms with van der Waals surface area (Å²) < 4.78 is 15.1. The largest absolute Gasteiger partial charge is 0.480 e. The van der Waals surface area contributed by atoms with Gasteiger partial charge in [-0.25, -0.2) is 4.39 Å². The molecule has 0 saturated heterocycles. The van der Waals surface area contributed by atoms with Crippen molar-refractivity contribution in [1.82, 2.24) is 9.78 Å². The third-order valence-corrected chi connectivity index (χ3v) is 2.72. The smallest absolute Gasteiger partial charge is 0.325 e. The maximum absolute atomic E-state index is 13.4. The van der Waals surface area contributed by atoms with E-state index in [-0.39, 0.29) is 12.4 Å². The van der Waals surface area contributed by atoms with Crippen LogP contribution in [0.2, 0.25) is 0 Å². The monoisotopic (exact) mass is 320 g/mol. The van der Waals surface area contributed by atoms with Crippen LogP contribution in [0.4, 0.5) is 4.39 Å². The summed E-state index contributed by atoms with van der Waals surface area (Å²) in [5.41, 5.74) is 0.502. The zero-order valence-electron chi connectivity index (χ0n) is 7.44. The Morgan fingerprint density at radius 2 is 2.33 bits per heavy atom. The van der Waals surface area contributed by atoms with E-state index in [0.717, 1.165) is 0 Å². The maximum atomic E-state index is 13.4. The Morgan fingerprint density at radius 1 is 1.60 bits per heavy atom. The lowest BCUT2D eigenvalue weighted by Gasteiger charge is -1.98. The molecular formula is C9H6FIN2O2. The minimum Gasteiger partial charge on any atom is -0.480 e. The number of hydrogen-bond donors (Lipinski definition) is 1. The first-order valence-electron chi connectivity index (χ1n) is 4.12. The molecular weight excluding hydrogens is 314 g/mol. The van der Waals surface area contributed by atoms with E-state index < -0.39 is 5.97 Å². The summed E-state index contributed by atoms with van der Waals surface area (Å²) in [6, 6.07) is 4.52. The fourth-order valence-electron chi connectivity index (χ4n) is 1.39. The van der Waals surface area contributed by atoms with Gasteiger partial charge >= 0.3 is 5.97 Å². The number of hydrogen-bond acceptors (Lipinski definition) is 2. The molecule has 2 aromatic rings. The molecule has 0 aliphatic rings. The Kier molecular flexibility index (Phi) is 2.59. The lowest BCUT2D eigenvalue weighted by molar-refractivity contribution is -0.137. The van der Waals surface area contributed by atoms with Gasteiger partial charge in [0.25, 0.3) is 0 Å². The molecule has 0 atom stereocenters. The second kappa shape index (κ2) is 3.76. The molecule has 0 amide bonds. The third-order valence-electron chi connectivity index (χ3n) is 1.97. The summed E-state index contributed by atoms with van der Waals surface area (Å²) in [6.07, 6.45) is 0. The van der Waals surface area contributed by atoms with Crippen molar-refractivity contribution in [1.29, 1.82) is 0 Å². The minimum atomic E-state index is -1.000. The van der Waals surface area contributed by atoms with Crippen LogP contribution in [-0.4, -0.2) is 20.9 Å². The van der Waals surface area contributed by atoms with Crippen LogP contribution in [0.15, 0.2) is 18.2 Å². The van der Waals surface area contributed by atoms with E-state index in [1.165, 1.54) is 16.8 Å². The molecule has 0 radical (unpaired) electrons. The summed E-state index contributed by atoms with van der Waals surface area (Å²) in [7, 11) is 0. The van der Waals surface area contributed by atoms with Gasteiger partial charge in [0.2, 0.25) is 0 Å². The van der Waals surface area contributed by atoms with Gasteiger partial charge in [0.1, 0.15) is 16.1 Å². The lowest BCUT2D eigenvalue weighted by Crippen LogP contribution is -2.09. The van der Waals surface area contributed by atoms with Crippen LogP contribution in [0.1, 0.15) is 0 Å². The van der Waals surface area contributed by atoms with Crippen molar-refractivity contribution in [2.75, 3.05) is 0 Å². The predicted molar refractivity (Wildman–Crippen MR) is 60.0 cm³/mol. The van der Waals surface area contributed by atoms with Gasteiger partial charge in [0.15, 0.2) is 0 Å². The molecule has 15 heavy (non-hydrogen) atoms. The second-order valence-corrected chi connectivity index (χ2v) is 4.00. The maximum Gasteiger partial charge on any atom is 0.325 e. The molecule has 0 aliphatic heterocycles. The van der Waals surface area contributed by atoms with Crippen LogP contribution < -0.4 is 0 Å². The molecule has 4 nitrogen and oxygen atoms in total. The van der Waals surface area contributed by atoms with Crippen LogP contribution in [0.5, 0.6) is 0 Å². The Labute approximate surface area is 97.8 Å². The van der Waals surface area contributed by atoms with E-state index in [1.54, 1.807) is 6.07 Å². The van der Waals surface area contributed by atoms with Crippen LogP contribution in [0, 0.1) is 9.52 Å². The summed E-state index contributed by atoms with van der Waals surface area (Å²) >= 11 is 1.89. The minimum absolute atomic E-state index is 0.261. The standard InChI is InChI=1S/C9H6FIN2O2/c10-5-2-1-3-6-8(5)9(11)12-13(6)4-7(14)15/h1-3H,4H2,(H,14,15). The molecule has 0 saturated carbocycles. The predicted octanol–water partition coefficient (Wildman–Crippen LogP) is 1.86. The average molecular weight is 320 g/mol. The summed E-state index contributed by atoms with van der Waals surface area (Å²) in [5, 5.41) is 13.0. The number of halogens is 2. The van der Waals surface area contributed by atoms with E-state index in [9.17, 15) is 9.18 Å². The van der Waals surface area contributed by atoms with Crippen molar-refractivity contribution in [3.05, 3.63) is 27.7 Å². The summed E-state index contributed by atoms with van der Waals surface area (Å²) in [4.78, 5) is 10.5. The highest BCUT2D eigenvalue weighted by Gasteiger charge is 2.13. The van der Waals surface area contributed by atoms with Gasteiger partial charge in [-0.15, -0.1) is 0 Å². The lowest BCUT2D eigenvalue weighted by atomic mass is 10.2. The molecule has 1 aromatic carbocycles. The highest BCUT2D eigenvalue weighted by atomic mass is 127. The zero-order chi connectivity index (χ0) is 11.0. The van der Waals surface area contributed by atoms with Gasteiger partial charge in [0.05, 0.1) is 10.9 Å². The highest BCUT2D eigenvalue weighted by molar-refractivity contribution is 14.1. The molecule has 6 heteroatoms. The molecule has 0 unspecified atom stereocenters. The number of carbonyl (C=O) groups is 1. The number of aromatic nitrogens is 2. The van der Waals surface area contributed by atoms with Crippen molar-refractivity contribution >= 4 is 39.5 Å². The Balaban J connectivity index is 2.68. The fourth-order valence-corrected chi connectivity index (χ4v) is 2.18. The first kappa shape index (κ1) is 10.3. The van der Waals surface area contributed by atoms with Crippen molar-refractivity contribution < 1.29 is 14.3 Å². The van der Waals surface area contributed by atoms with E-state index in [2.05, 4.69) is 5.10 Å². The van der Waals surface area contributed by atoms with E-state index in [4.69, 9.17) is 5.11 Å². The molecule has 1 heterocycles. The number of carboxylic acid groups (broad SMARTS) is 1. The SMILES string of the molecule is O=C(O)Cn1nc(I)c2c(F)cccc21. The molecule has 0 spiro atoms. The van der Waals surface area contributed by atoms with Crippen LogP contribution in [0.3, 0.4) is 0 Å². The van der Waals surface area contributed by atoms with Crippen molar-refractivity contribution in [3.8, 4) is 0 Å². The molecule has 1 N–H and O–H groups in total. The quantitative estimate of drug-likeness (QED) is 0.860. The van der Waals surface area contributed by atoms with Crippen LogP contribution >= 0.6 is 22.6 Å². The van der Waals surface area contributed by atoms with Gasteiger partial charge in [-0.05, 0) is 34.7 Å². The van der Waals surface area contributed by atoms with Gasteiger partial charge in [-0.1, -0.05) is 6.07 Å². The van der Waals surface area contributed by atoms with Crippen molar-refractivity contribution in [2.24, 2.45) is 0 Å². The number of rotatable bonds is 2. The van der Waals surface area contributed by atoms with Crippen LogP contribution in [0.25, 0.3) is 10.9 Å². The Hall–Kier alpha value is -1.18. The number of fused-ring (bicyclic) bond motifs is 1. The Morgan fingerprint density at radius 3 is 3.00 bits per heavy atom. The zero-order valence-corrected chi connectivity index (χ0v) is 9.60. The number of benzene rings is 1. The molecule has 0 aliphatic carbocycles. The second-order valence-electron chi connectivity index (χ2n) is 2.98. The topological polar surface area (TPSA) is 55.1 Å². The van der Waals surface area contributed by atoms with Gasteiger partial charge in [-0.2, -0.15) is 5.10 Å². The van der Waals surface area contributed by atoms with E-state index >= 15 is 0 Å². The summed E-state index contributed by atoms with van der Waals surface area (Å²) in [5.74, 6) is -1.38. The van der Waals surface area contributed by atoms with E-state index in [0.29, 0.717) is 14.6 Å². The normalized spacial score (nSPS) is 10.8. The number of nitrogens with zero attached hydrogens (tertiary/aromatic N) is 2. The molecule has 2 rings (SSSR count). The molecule has 1 aromatic heterocycles. The molecule has 0 bridgehead atoms. The number of carboxylic acids is 1. The third kappa shape index (κ3) is 1.81. The van der Waals surface area contributed by atoms with Crippen molar-refractivity contribution in [3.63, 3.8) is 0 Å². The average Bonchev–Trinajstić information content (AvgIpc) is 2.44. The van der Waals surface area contributed by atoms with Gasteiger partial charge < -0.3 is 5.11 Å². The van der Waals surface area contributed by atoms with E-state index in [1.807, 2.05) is 22.6 Å².